The number of carbonyl (C=O) groups excluding carboxylic acids is 1. The molecule has 1 aliphatic heterocycles. The van der Waals surface area contributed by atoms with Gasteiger partial charge >= 0.3 is 6.09 Å². The van der Waals surface area contributed by atoms with E-state index in [9.17, 15) is 4.79 Å². The van der Waals surface area contributed by atoms with E-state index in [1.165, 1.54) is 6.21 Å². The Morgan fingerprint density at radius 2 is 2.27 bits per heavy atom. The van der Waals surface area contributed by atoms with Crippen molar-refractivity contribution in [2.45, 2.75) is 26.4 Å². The molecule has 1 aliphatic rings. The van der Waals surface area contributed by atoms with Gasteiger partial charge in [0, 0.05) is 18.6 Å². The third-order valence-corrected chi connectivity index (χ3v) is 1.35. The molecule has 82 valence electrons. The lowest BCUT2D eigenvalue weighted by atomic mass is 10.2. The molecule has 1 rings (SSSR count). The summed E-state index contributed by atoms with van der Waals surface area (Å²) >= 11 is 0. The van der Waals surface area contributed by atoms with Crippen LogP contribution in [-0.2, 0) is 4.74 Å². The van der Waals surface area contributed by atoms with E-state index in [1.807, 2.05) is 20.8 Å². The second-order valence-corrected chi connectivity index (χ2v) is 3.99. The molecule has 0 spiro atoms. The molecule has 0 radical (unpaired) electrons. The second-order valence-electron chi connectivity index (χ2n) is 3.99. The van der Waals surface area contributed by atoms with Crippen LogP contribution in [0.1, 0.15) is 20.8 Å². The molecule has 1 heterocycles. The fourth-order valence-electron chi connectivity index (χ4n) is 0.874. The Labute approximate surface area is 88.9 Å². The molecule has 0 saturated carbocycles. The third kappa shape index (κ3) is 4.85. The molecule has 5 heteroatoms. The van der Waals surface area contributed by atoms with Gasteiger partial charge in [-0.05, 0) is 20.8 Å². The highest BCUT2D eigenvalue weighted by atomic mass is 16.6. The molecular formula is C10H15N3O2. The van der Waals surface area contributed by atoms with Gasteiger partial charge in [0.05, 0.1) is 11.9 Å². The lowest BCUT2D eigenvalue weighted by Crippen LogP contribution is -2.32. The quantitative estimate of drug-likeness (QED) is 0.687. The van der Waals surface area contributed by atoms with Crippen LogP contribution < -0.4 is 10.6 Å². The first-order chi connectivity index (χ1) is 6.97. The van der Waals surface area contributed by atoms with Crippen LogP contribution in [0.2, 0.25) is 0 Å². The standard InChI is InChI=1S/C10H15N3O2/c1-10(2,3)15-9(14)13-8-6-11-4-5-12-7-8/h4-7,11H,1-3H3,(H,13,14). The lowest BCUT2D eigenvalue weighted by molar-refractivity contribution is 0.0549. The predicted molar refractivity (Wildman–Crippen MR) is 58.2 cm³/mol. The van der Waals surface area contributed by atoms with Gasteiger partial charge < -0.3 is 10.1 Å². The Kier molecular flexibility index (Phi) is 3.49. The van der Waals surface area contributed by atoms with E-state index in [0.29, 0.717) is 5.70 Å². The molecule has 15 heavy (non-hydrogen) atoms. The largest absolute Gasteiger partial charge is 0.444 e. The Morgan fingerprint density at radius 3 is 2.93 bits per heavy atom. The summed E-state index contributed by atoms with van der Waals surface area (Å²) < 4.78 is 5.08. The average Bonchev–Trinajstić information content (AvgIpc) is 2.28. The van der Waals surface area contributed by atoms with Crippen molar-refractivity contribution in [3.63, 3.8) is 0 Å². The molecular weight excluding hydrogens is 194 g/mol. The molecule has 0 aliphatic carbocycles. The van der Waals surface area contributed by atoms with E-state index >= 15 is 0 Å². The fourth-order valence-corrected chi connectivity index (χ4v) is 0.874. The van der Waals surface area contributed by atoms with Crippen molar-refractivity contribution in [1.29, 1.82) is 0 Å². The molecule has 0 bridgehead atoms. The normalized spacial score (nSPS) is 15.0. The highest BCUT2D eigenvalue weighted by Gasteiger charge is 2.16. The first-order valence-electron chi connectivity index (χ1n) is 4.62. The number of nitrogens with one attached hydrogen (secondary N) is 2. The molecule has 0 aromatic heterocycles. The van der Waals surface area contributed by atoms with Crippen LogP contribution in [0.25, 0.3) is 0 Å². The lowest BCUT2D eigenvalue weighted by Gasteiger charge is -2.19. The van der Waals surface area contributed by atoms with Crippen LogP contribution in [0.5, 0.6) is 0 Å². The summed E-state index contributed by atoms with van der Waals surface area (Å²) in [6, 6.07) is 0. The van der Waals surface area contributed by atoms with Crippen molar-refractivity contribution in [2.75, 3.05) is 0 Å². The zero-order chi connectivity index (χ0) is 11.3. The Morgan fingerprint density at radius 1 is 1.53 bits per heavy atom. The summed E-state index contributed by atoms with van der Waals surface area (Å²) in [4.78, 5) is 15.3. The van der Waals surface area contributed by atoms with E-state index in [0.717, 1.165) is 0 Å². The van der Waals surface area contributed by atoms with Crippen LogP contribution in [0.4, 0.5) is 4.79 Å². The summed E-state index contributed by atoms with van der Waals surface area (Å²) in [5.41, 5.74) is 0.0484. The first kappa shape index (κ1) is 11.3. The fraction of sp³-hybridized carbons (Fsp3) is 0.400. The Bertz CT molecular complexity index is 324. The van der Waals surface area contributed by atoms with Crippen molar-refractivity contribution in [2.24, 2.45) is 4.99 Å². The smallest absolute Gasteiger partial charge is 0.412 e. The highest BCUT2D eigenvalue weighted by Crippen LogP contribution is 2.06. The summed E-state index contributed by atoms with van der Waals surface area (Å²) in [6.07, 6.45) is 5.89. The second kappa shape index (κ2) is 4.63. The van der Waals surface area contributed by atoms with Crippen LogP contribution in [0.3, 0.4) is 0 Å². The van der Waals surface area contributed by atoms with E-state index in [2.05, 4.69) is 15.6 Å². The molecule has 0 aromatic carbocycles. The van der Waals surface area contributed by atoms with Crippen molar-refractivity contribution >= 4 is 12.3 Å². The van der Waals surface area contributed by atoms with Gasteiger partial charge in [0.25, 0.3) is 0 Å². The molecule has 0 unspecified atom stereocenters. The van der Waals surface area contributed by atoms with Crippen molar-refractivity contribution in [3.05, 3.63) is 24.3 Å². The first-order valence-corrected chi connectivity index (χ1v) is 4.62. The minimum absolute atomic E-state index is 0.496. The Balaban J connectivity index is 2.48. The summed E-state index contributed by atoms with van der Waals surface area (Å²) in [5, 5.41) is 5.39. The molecule has 0 aromatic rings. The number of allylic oxidation sites excluding steroid dienone is 1. The highest BCUT2D eigenvalue weighted by molar-refractivity contribution is 5.85. The maximum atomic E-state index is 11.4. The van der Waals surface area contributed by atoms with Crippen LogP contribution in [0, 0.1) is 0 Å². The third-order valence-electron chi connectivity index (χ3n) is 1.35. The van der Waals surface area contributed by atoms with Gasteiger partial charge in [0.2, 0.25) is 0 Å². The molecule has 5 nitrogen and oxygen atoms in total. The zero-order valence-corrected chi connectivity index (χ0v) is 9.07. The van der Waals surface area contributed by atoms with Gasteiger partial charge in [-0.25, -0.2) is 4.79 Å². The van der Waals surface area contributed by atoms with E-state index in [4.69, 9.17) is 4.74 Å². The van der Waals surface area contributed by atoms with Crippen molar-refractivity contribution in [1.82, 2.24) is 10.6 Å². The molecule has 0 fully saturated rings. The predicted octanol–water partition coefficient (Wildman–Crippen LogP) is 1.50. The number of ether oxygens (including phenoxy) is 1. The van der Waals surface area contributed by atoms with Gasteiger partial charge in [-0.3, -0.25) is 10.3 Å². The number of nitrogens with zero attached hydrogens (tertiary/aromatic N) is 1. The van der Waals surface area contributed by atoms with E-state index < -0.39 is 11.7 Å². The average molecular weight is 209 g/mol. The molecule has 2 N–H and O–H groups in total. The van der Waals surface area contributed by atoms with Crippen LogP contribution in [0.15, 0.2) is 29.3 Å². The SMILES string of the molecule is CC(C)(C)OC(=O)NC1=CNC=CN=C1. The molecule has 0 atom stereocenters. The van der Waals surface area contributed by atoms with E-state index in [-0.39, 0.29) is 0 Å². The number of aliphatic imine (C=N–C) groups is 1. The summed E-state index contributed by atoms with van der Waals surface area (Å²) in [7, 11) is 0. The minimum Gasteiger partial charge on any atom is -0.444 e. The number of hydrogen-bond acceptors (Lipinski definition) is 4. The van der Waals surface area contributed by atoms with Gasteiger partial charge in [-0.2, -0.15) is 0 Å². The van der Waals surface area contributed by atoms with Crippen molar-refractivity contribution in [3.8, 4) is 0 Å². The molecule has 0 saturated heterocycles. The van der Waals surface area contributed by atoms with Gasteiger partial charge in [0.1, 0.15) is 5.60 Å². The Hall–Kier alpha value is -1.78. The topological polar surface area (TPSA) is 62.7 Å². The number of alkyl carbamates (subject to hydrolysis) is 1. The molecule has 1 amide bonds. The minimum atomic E-state index is -0.502. The van der Waals surface area contributed by atoms with E-state index in [1.54, 1.807) is 18.6 Å². The zero-order valence-electron chi connectivity index (χ0n) is 9.07. The maximum absolute atomic E-state index is 11.4. The number of rotatable bonds is 1. The number of amides is 1. The van der Waals surface area contributed by atoms with Crippen LogP contribution >= 0.6 is 0 Å². The summed E-state index contributed by atoms with van der Waals surface area (Å²) in [6.45, 7) is 5.42. The number of hydrogen-bond donors (Lipinski definition) is 2. The monoisotopic (exact) mass is 209 g/mol. The number of carbonyl (C=O) groups is 1. The van der Waals surface area contributed by atoms with Crippen LogP contribution in [-0.4, -0.2) is 17.9 Å². The van der Waals surface area contributed by atoms with Gasteiger partial charge in [0.15, 0.2) is 0 Å². The van der Waals surface area contributed by atoms with Gasteiger partial charge in [-0.15, -0.1) is 0 Å². The summed E-state index contributed by atoms with van der Waals surface area (Å²) in [5.74, 6) is 0. The van der Waals surface area contributed by atoms with Gasteiger partial charge in [-0.1, -0.05) is 0 Å². The van der Waals surface area contributed by atoms with Crippen molar-refractivity contribution < 1.29 is 9.53 Å². The maximum Gasteiger partial charge on any atom is 0.412 e.